The summed E-state index contributed by atoms with van der Waals surface area (Å²) in [5, 5.41) is 63.3. The number of rotatable bonds is 5. The molecule has 5 heterocycles. The lowest BCUT2D eigenvalue weighted by Crippen LogP contribution is -2.89. The highest BCUT2D eigenvalue weighted by Crippen LogP contribution is 2.75. The van der Waals surface area contributed by atoms with E-state index in [0.29, 0.717) is 18.4 Å². The Hall–Kier alpha value is -2.72. The fraction of sp³-hybridized carbons (Fsp3) is 0.727. The van der Waals surface area contributed by atoms with Crippen LogP contribution < -0.4 is 0 Å². The number of fused-ring (bicyclic) bond motifs is 3. The van der Waals surface area contributed by atoms with Crippen LogP contribution in [0.2, 0.25) is 0 Å². The first kappa shape index (κ1) is 39.7. The summed E-state index contributed by atoms with van der Waals surface area (Å²) in [5.74, 6) is -6.33. The Morgan fingerprint density at radius 1 is 0.965 bits per heavy atom. The minimum absolute atomic E-state index is 0.0620. The Labute approximate surface area is 333 Å². The molecule has 19 atom stereocenters. The number of aliphatic hydroxyl groups excluding tert-OH is 2. The van der Waals surface area contributed by atoms with Crippen molar-refractivity contribution in [1.29, 1.82) is 0 Å². The summed E-state index contributed by atoms with van der Waals surface area (Å²) in [6.45, 7) is 10.6. The van der Waals surface area contributed by atoms with Crippen LogP contribution in [-0.2, 0) is 44.0 Å². The van der Waals surface area contributed by atoms with Crippen molar-refractivity contribution in [2.75, 3.05) is 6.61 Å². The maximum absolute atomic E-state index is 13.7. The molecule has 0 radical (unpaired) electrons. The second-order valence-corrected chi connectivity index (χ2v) is 19.3. The molecule has 1 spiro atoms. The summed E-state index contributed by atoms with van der Waals surface area (Å²) in [7, 11) is 0. The molecule has 312 valence electrons. The van der Waals surface area contributed by atoms with Gasteiger partial charge in [0.15, 0.2) is 0 Å². The van der Waals surface area contributed by atoms with Gasteiger partial charge in [-0.3, -0.25) is 4.79 Å². The molecule has 4 saturated heterocycles. The summed E-state index contributed by atoms with van der Waals surface area (Å²) < 4.78 is 39.5. The molecule has 0 aromatic heterocycles. The van der Waals surface area contributed by atoms with E-state index in [-0.39, 0.29) is 48.9 Å². The van der Waals surface area contributed by atoms with Gasteiger partial charge in [-0.15, -0.1) is 0 Å². The Morgan fingerprint density at radius 2 is 1.68 bits per heavy atom. The molecule has 1 unspecified atom stereocenters. The molecule has 13 heteroatoms. The zero-order valence-corrected chi connectivity index (χ0v) is 33.5. The van der Waals surface area contributed by atoms with E-state index in [1.54, 1.807) is 31.2 Å². The number of hydrogen-bond donors (Lipinski definition) is 5. The van der Waals surface area contributed by atoms with Crippen molar-refractivity contribution >= 4 is 11.9 Å². The van der Waals surface area contributed by atoms with E-state index < -0.39 is 107 Å². The monoisotopic (exact) mass is 794 g/mol. The van der Waals surface area contributed by atoms with E-state index in [0.717, 1.165) is 0 Å². The first-order valence-corrected chi connectivity index (χ1v) is 20.9. The van der Waals surface area contributed by atoms with Crippen LogP contribution in [0, 0.1) is 47.3 Å². The molecule has 10 rings (SSSR count). The predicted molar refractivity (Wildman–Crippen MR) is 200 cm³/mol. The lowest BCUT2D eigenvalue weighted by molar-refractivity contribution is -0.595. The second-order valence-electron chi connectivity index (χ2n) is 19.3. The maximum Gasteiger partial charge on any atom is 0.331 e. The van der Waals surface area contributed by atoms with Crippen molar-refractivity contribution in [2.45, 2.75) is 144 Å². The third kappa shape index (κ3) is 5.26. The van der Waals surface area contributed by atoms with E-state index in [9.17, 15) is 35.1 Å². The summed E-state index contributed by atoms with van der Waals surface area (Å²) in [5.41, 5.74) is -8.82. The molecule has 57 heavy (non-hydrogen) atoms. The van der Waals surface area contributed by atoms with E-state index in [1.165, 1.54) is 12.2 Å². The molecule has 13 nitrogen and oxygen atoms in total. The summed E-state index contributed by atoms with van der Waals surface area (Å²) in [6.07, 6.45) is 1.15. The summed E-state index contributed by atoms with van der Waals surface area (Å²) >= 11 is 0. The zero-order chi connectivity index (χ0) is 40.7. The van der Waals surface area contributed by atoms with Crippen LogP contribution in [0.5, 0.6) is 0 Å². The van der Waals surface area contributed by atoms with Crippen LogP contribution in [0.25, 0.3) is 0 Å². The minimum atomic E-state index is -2.21. The van der Waals surface area contributed by atoms with Gasteiger partial charge in [0.1, 0.15) is 53.4 Å². The Bertz CT molecular complexity index is 1830. The second kappa shape index (κ2) is 13.1. The number of hydrogen-bond acceptors (Lipinski definition) is 13. The van der Waals surface area contributed by atoms with Crippen LogP contribution in [0.1, 0.15) is 79.2 Å². The molecule has 5 aliphatic heterocycles. The van der Waals surface area contributed by atoms with Crippen molar-refractivity contribution in [1.82, 2.24) is 0 Å². The molecule has 8 fully saturated rings. The molecule has 1 aromatic rings. The molecule has 4 saturated carbocycles. The summed E-state index contributed by atoms with van der Waals surface area (Å²) in [6, 6.07) is 9.04. The number of allylic oxidation sites excluding steroid dienone is 2. The predicted octanol–water partition coefficient (Wildman–Crippen LogP) is 3.04. The third-order valence-electron chi connectivity index (χ3n) is 15.8. The Kier molecular flexibility index (Phi) is 9.16. The smallest absolute Gasteiger partial charge is 0.331 e. The van der Waals surface area contributed by atoms with Gasteiger partial charge < -0.3 is 54.0 Å². The van der Waals surface area contributed by atoms with Gasteiger partial charge in [0.2, 0.25) is 0 Å². The lowest BCUT2D eigenvalue weighted by atomic mass is 9.49. The number of aliphatic hydroxyl groups is 5. The topological polar surface area (TPSA) is 194 Å². The third-order valence-corrected chi connectivity index (χ3v) is 15.8. The fourth-order valence-corrected chi connectivity index (χ4v) is 13.0. The van der Waals surface area contributed by atoms with E-state index in [2.05, 4.69) is 6.92 Å². The number of esters is 2. The largest absolute Gasteiger partial charge is 0.458 e. The zero-order valence-electron chi connectivity index (χ0n) is 33.5. The first-order chi connectivity index (χ1) is 26.9. The van der Waals surface area contributed by atoms with E-state index in [4.69, 9.17) is 28.4 Å². The molecule has 4 aliphatic carbocycles. The lowest BCUT2D eigenvalue weighted by Gasteiger charge is -2.74. The van der Waals surface area contributed by atoms with Crippen molar-refractivity contribution < 1.29 is 63.5 Å². The Balaban J connectivity index is 1.22. The molecule has 10 bridgehead atoms. The molecular formula is C44H58O13. The highest BCUT2D eigenvalue weighted by atomic mass is 16.9. The van der Waals surface area contributed by atoms with Gasteiger partial charge >= 0.3 is 17.9 Å². The van der Waals surface area contributed by atoms with Crippen molar-refractivity contribution in [3.05, 3.63) is 60.2 Å². The number of carbonyl (C=O) groups excluding carboxylic acids is 2. The van der Waals surface area contributed by atoms with Crippen molar-refractivity contribution in [3.8, 4) is 0 Å². The highest BCUT2D eigenvalue weighted by molar-refractivity contribution is 5.82. The number of epoxide rings is 1. The normalized spacial score (nSPS) is 53.8. The number of ether oxygens (including phenoxy) is 6. The average molecular weight is 795 g/mol. The first-order valence-electron chi connectivity index (χ1n) is 20.9. The maximum atomic E-state index is 13.7. The van der Waals surface area contributed by atoms with Gasteiger partial charge in [-0.1, -0.05) is 77.1 Å². The van der Waals surface area contributed by atoms with Gasteiger partial charge in [0.25, 0.3) is 0 Å². The molecular weight excluding hydrogens is 736 g/mol. The number of carbonyl (C=O) groups is 2. The average Bonchev–Trinajstić information content (AvgIpc) is 3.72. The van der Waals surface area contributed by atoms with Gasteiger partial charge in [-0.25, -0.2) is 4.79 Å². The molecule has 5 N–H and O–H groups in total. The van der Waals surface area contributed by atoms with Crippen LogP contribution in [0.15, 0.2) is 54.6 Å². The van der Waals surface area contributed by atoms with Gasteiger partial charge in [-0.2, -0.15) is 0 Å². The van der Waals surface area contributed by atoms with E-state index >= 15 is 0 Å². The summed E-state index contributed by atoms with van der Waals surface area (Å²) in [4.78, 5) is 26.7. The standard InChI is InChI=1S/C44H58O13/c1-22(2)18-32(47)52-29-14-10-11-15-31(46)53-34-23(3)19-30-41(34,50)38(48)40(21-45)36(54-40)33-37-43(51,39(6,49)20-26-16-17-28(29)24(26)4)35-25(5)42(30,33)57-44(55-35,56-37)27-12-8-7-9-13-27/h7-15,22-26,28-30,33-38,45,48-51H,16-21H2,1-6H3/b14-10-,15-11?/t23-,24-,25+,26+,28-,29+,30+,33-,34-,35-,36-,37+,38+,39+,40-,41+,42-,43-,44?/m0/s1. The van der Waals surface area contributed by atoms with Crippen LogP contribution >= 0.6 is 0 Å². The highest BCUT2D eigenvalue weighted by Gasteiger charge is 2.91. The molecule has 0 amide bonds. The molecule has 9 aliphatic rings. The van der Waals surface area contributed by atoms with Gasteiger partial charge in [-0.05, 0) is 62.4 Å². The molecule has 1 aromatic carbocycles. The van der Waals surface area contributed by atoms with Crippen LogP contribution in [0.4, 0.5) is 0 Å². The fourth-order valence-electron chi connectivity index (χ4n) is 13.0. The van der Waals surface area contributed by atoms with E-state index in [1.807, 2.05) is 45.9 Å². The van der Waals surface area contributed by atoms with Gasteiger partial charge in [0, 0.05) is 41.7 Å². The van der Waals surface area contributed by atoms with Crippen molar-refractivity contribution in [2.24, 2.45) is 47.3 Å². The van der Waals surface area contributed by atoms with Crippen LogP contribution in [0.3, 0.4) is 0 Å². The van der Waals surface area contributed by atoms with Gasteiger partial charge in [0.05, 0.1) is 17.8 Å². The number of benzene rings is 1. The minimum Gasteiger partial charge on any atom is -0.458 e. The SMILES string of the molecule is CC(C)CC(=O)O[C@@H]1/C=C\C=CC(=O)O[C@H]2[C@@H](C)C[C@@H]3[C@]2(O)[C@H](O)[C@@]2(CO)O[C@H]2[C@H]2[C@H]4OC5(c6ccccc6)O[C@@H]([C@@H](C)[C@@]23O5)[C@@]4(O)[C@](C)(O)C[C@H]2CC[C@H]1[C@H]2C. The Morgan fingerprint density at radius 3 is 2.39 bits per heavy atom. The van der Waals surface area contributed by atoms with Crippen LogP contribution in [-0.4, -0.2) is 109 Å². The quantitative estimate of drug-likeness (QED) is 0.216. The van der Waals surface area contributed by atoms with Crippen molar-refractivity contribution in [3.63, 3.8) is 0 Å².